The van der Waals surface area contributed by atoms with Crippen molar-refractivity contribution in [2.45, 2.75) is 20.8 Å². The summed E-state index contributed by atoms with van der Waals surface area (Å²) in [6, 6.07) is 7.13. The van der Waals surface area contributed by atoms with Gasteiger partial charge in [-0.05, 0) is 36.8 Å². The number of nitrogens with zero attached hydrogens (tertiary/aromatic N) is 2. The topological polar surface area (TPSA) is 62.3 Å². The Morgan fingerprint density at radius 2 is 1.85 bits per heavy atom. The van der Waals surface area contributed by atoms with E-state index >= 15 is 0 Å². The highest BCUT2D eigenvalue weighted by Gasteiger charge is 2.14. The van der Waals surface area contributed by atoms with E-state index in [9.17, 15) is 9.59 Å². The quantitative estimate of drug-likeness (QED) is 0.864. The zero-order chi connectivity index (χ0) is 14.9. The van der Waals surface area contributed by atoms with Crippen LogP contribution in [0, 0.1) is 6.92 Å². The molecule has 0 bridgehead atoms. The fraction of sp³-hybridized carbons (Fsp3) is 0.214. The maximum absolute atomic E-state index is 11.4. The summed E-state index contributed by atoms with van der Waals surface area (Å²) in [5, 5.41) is 2.49. The van der Waals surface area contributed by atoms with E-state index in [0.29, 0.717) is 10.8 Å². The van der Waals surface area contributed by atoms with E-state index in [1.165, 1.54) is 13.8 Å². The predicted molar refractivity (Wildman–Crippen MR) is 78.3 cm³/mol. The summed E-state index contributed by atoms with van der Waals surface area (Å²) in [5.74, 6) is -0.357. The van der Waals surface area contributed by atoms with Crippen LogP contribution in [0.4, 0.5) is 5.82 Å². The number of amides is 2. The molecule has 1 heterocycles. The van der Waals surface area contributed by atoms with Gasteiger partial charge in [0.1, 0.15) is 5.82 Å². The Morgan fingerprint density at radius 3 is 2.45 bits per heavy atom. The monoisotopic (exact) mass is 291 g/mol. The minimum atomic E-state index is -0.395. The van der Waals surface area contributed by atoms with Crippen molar-refractivity contribution in [3.8, 4) is 0 Å². The van der Waals surface area contributed by atoms with E-state index in [0.717, 1.165) is 21.5 Å². The number of pyridine rings is 1. The zero-order valence-corrected chi connectivity index (χ0v) is 12.2. The van der Waals surface area contributed by atoms with Crippen molar-refractivity contribution in [3.63, 3.8) is 0 Å². The number of benzene rings is 1. The number of fused-ring (bicyclic) bond motifs is 1. The van der Waals surface area contributed by atoms with Gasteiger partial charge in [-0.1, -0.05) is 11.6 Å². The first kappa shape index (κ1) is 14.3. The Kier molecular flexibility index (Phi) is 3.90. The van der Waals surface area contributed by atoms with Crippen LogP contribution in [0.25, 0.3) is 10.9 Å². The van der Waals surface area contributed by atoms with Crippen LogP contribution < -0.4 is 5.43 Å². The third kappa shape index (κ3) is 2.88. The molecule has 1 N–H and O–H groups in total. The van der Waals surface area contributed by atoms with Crippen molar-refractivity contribution in [2.75, 3.05) is 5.43 Å². The van der Waals surface area contributed by atoms with Crippen molar-refractivity contribution in [1.82, 2.24) is 9.99 Å². The van der Waals surface area contributed by atoms with Crippen LogP contribution in [0.2, 0.25) is 5.02 Å². The number of halogens is 1. The number of imide groups is 1. The van der Waals surface area contributed by atoms with E-state index in [4.69, 9.17) is 11.6 Å². The molecule has 0 aliphatic rings. The van der Waals surface area contributed by atoms with Crippen LogP contribution in [0.1, 0.15) is 19.4 Å². The number of carbonyl (C=O) groups is 2. The molecule has 5 nitrogen and oxygen atoms in total. The fourth-order valence-electron chi connectivity index (χ4n) is 1.92. The molecule has 2 aromatic rings. The first-order valence-electron chi connectivity index (χ1n) is 6.03. The maximum atomic E-state index is 11.4. The van der Waals surface area contributed by atoms with Crippen molar-refractivity contribution in [1.29, 1.82) is 0 Å². The first-order valence-corrected chi connectivity index (χ1v) is 6.41. The van der Waals surface area contributed by atoms with Crippen molar-refractivity contribution < 1.29 is 9.59 Å². The summed E-state index contributed by atoms with van der Waals surface area (Å²) >= 11 is 5.96. The van der Waals surface area contributed by atoms with E-state index < -0.39 is 11.8 Å². The van der Waals surface area contributed by atoms with E-state index in [2.05, 4.69) is 10.4 Å². The van der Waals surface area contributed by atoms with Crippen molar-refractivity contribution in [3.05, 3.63) is 34.9 Å². The molecule has 0 aliphatic carbocycles. The highest BCUT2D eigenvalue weighted by Crippen LogP contribution is 2.23. The molecule has 0 atom stereocenters. The van der Waals surface area contributed by atoms with Crippen LogP contribution in [-0.2, 0) is 9.59 Å². The molecule has 0 saturated heterocycles. The van der Waals surface area contributed by atoms with Crippen LogP contribution in [-0.4, -0.2) is 21.8 Å². The van der Waals surface area contributed by atoms with Gasteiger partial charge in [0.25, 0.3) is 0 Å². The highest BCUT2D eigenvalue weighted by molar-refractivity contribution is 6.31. The summed E-state index contributed by atoms with van der Waals surface area (Å²) in [5.41, 5.74) is 4.41. The number of anilines is 1. The third-order valence-electron chi connectivity index (χ3n) is 2.83. The molecule has 0 saturated carbocycles. The molecule has 6 heteroatoms. The van der Waals surface area contributed by atoms with Gasteiger partial charge in [0.2, 0.25) is 11.8 Å². The lowest BCUT2D eigenvalue weighted by atomic mass is 10.1. The number of hydrazine groups is 1. The summed E-state index contributed by atoms with van der Waals surface area (Å²) in [6.45, 7) is 4.53. The van der Waals surface area contributed by atoms with E-state index in [-0.39, 0.29) is 0 Å². The van der Waals surface area contributed by atoms with Gasteiger partial charge in [-0.2, -0.15) is 5.01 Å². The molecule has 0 spiro atoms. The number of hydrogen-bond acceptors (Lipinski definition) is 4. The molecule has 0 radical (unpaired) electrons. The molecule has 2 amide bonds. The Balaban J connectivity index is 2.43. The Labute approximate surface area is 121 Å². The molecule has 0 unspecified atom stereocenters. The van der Waals surface area contributed by atoms with Crippen molar-refractivity contribution in [2.24, 2.45) is 0 Å². The first-order chi connectivity index (χ1) is 9.38. The van der Waals surface area contributed by atoms with Crippen LogP contribution in [0.3, 0.4) is 0 Å². The SMILES string of the molecule is CC(=O)N(Nc1cc(C)c2cc(Cl)ccc2n1)C(C)=O. The van der Waals surface area contributed by atoms with Crippen LogP contribution >= 0.6 is 11.6 Å². The van der Waals surface area contributed by atoms with Gasteiger partial charge in [0, 0.05) is 24.3 Å². The average Bonchev–Trinajstić information content (AvgIpc) is 2.36. The minimum Gasteiger partial charge on any atom is -0.273 e. The molecular formula is C14H14ClN3O2. The lowest BCUT2D eigenvalue weighted by molar-refractivity contribution is -0.140. The van der Waals surface area contributed by atoms with Gasteiger partial charge in [0.15, 0.2) is 0 Å². The molecule has 2 rings (SSSR count). The number of rotatable bonds is 2. The second-order valence-electron chi connectivity index (χ2n) is 4.47. The van der Waals surface area contributed by atoms with Gasteiger partial charge >= 0.3 is 0 Å². The second kappa shape index (κ2) is 5.46. The molecule has 0 aliphatic heterocycles. The fourth-order valence-corrected chi connectivity index (χ4v) is 2.09. The summed E-state index contributed by atoms with van der Waals surface area (Å²) in [4.78, 5) is 27.1. The molecular weight excluding hydrogens is 278 g/mol. The van der Waals surface area contributed by atoms with Crippen LogP contribution in [0.15, 0.2) is 24.3 Å². The summed E-state index contributed by atoms with van der Waals surface area (Å²) < 4.78 is 0. The summed E-state index contributed by atoms with van der Waals surface area (Å²) in [6.07, 6.45) is 0. The van der Waals surface area contributed by atoms with E-state index in [1.807, 2.05) is 13.0 Å². The number of aromatic nitrogens is 1. The molecule has 20 heavy (non-hydrogen) atoms. The number of aryl methyl sites for hydroxylation is 1. The predicted octanol–water partition coefficient (Wildman–Crippen LogP) is 2.92. The summed E-state index contributed by atoms with van der Waals surface area (Å²) in [7, 11) is 0. The Hall–Kier alpha value is -2.14. The Morgan fingerprint density at radius 1 is 1.20 bits per heavy atom. The van der Waals surface area contributed by atoms with Gasteiger partial charge in [-0.25, -0.2) is 4.98 Å². The zero-order valence-electron chi connectivity index (χ0n) is 11.4. The van der Waals surface area contributed by atoms with E-state index in [1.54, 1.807) is 18.2 Å². The van der Waals surface area contributed by atoms with Gasteiger partial charge in [-0.15, -0.1) is 0 Å². The molecule has 1 aromatic heterocycles. The molecule has 0 fully saturated rings. The second-order valence-corrected chi connectivity index (χ2v) is 4.91. The molecule has 104 valence electrons. The maximum Gasteiger partial charge on any atom is 0.245 e. The largest absolute Gasteiger partial charge is 0.273 e. The molecule has 1 aromatic carbocycles. The van der Waals surface area contributed by atoms with Crippen LogP contribution in [0.5, 0.6) is 0 Å². The van der Waals surface area contributed by atoms with Gasteiger partial charge in [0.05, 0.1) is 5.52 Å². The van der Waals surface area contributed by atoms with Crippen molar-refractivity contribution >= 4 is 40.1 Å². The lowest BCUT2D eigenvalue weighted by Crippen LogP contribution is -2.38. The smallest absolute Gasteiger partial charge is 0.245 e. The number of carbonyl (C=O) groups excluding carboxylic acids is 2. The normalized spacial score (nSPS) is 10.4. The number of hydrogen-bond donors (Lipinski definition) is 1. The van der Waals surface area contributed by atoms with Gasteiger partial charge < -0.3 is 0 Å². The standard InChI is InChI=1S/C14H14ClN3O2/c1-8-6-14(17-18(9(2)19)10(3)20)16-13-5-4-11(15)7-12(8)13/h4-7H,1-3H3,(H,16,17). The number of nitrogens with one attached hydrogen (secondary N) is 1. The minimum absolute atomic E-state index is 0.395. The highest BCUT2D eigenvalue weighted by atomic mass is 35.5. The lowest BCUT2D eigenvalue weighted by Gasteiger charge is -2.19. The average molecular weight is 292 g/mol. The Bertz CT molecular complexity index is 686. The third-order valence-corrected chi connectivity index (χ3v) is 3.07. The van der Waals surface area contributed by atoms with Gasteiger partial charge in [-0.3, -0.25) is 15.0 Å².